The van der Waals surface area contributed by atoms with Crippen molar-refractivity contribution in [2.24, 2.45) is 0 Å². The lowest BCUT2D eigenvalue weighted by Gasteiger charge is -1.82. The number of aromatic nitrogens is 2. The molecule has 2 rings (SSSR count). The summed E-state index contributed by atoms with van der Waals surface area (Å²) in [4.78, 5) is 17.3. The van der Waals surface area contributed by atoms with Crippen LogP contribution in [0, 0.1) is 6.92 Å². The van der Waals surface area contributed by atoms with E-state index in [9.17, 15) is 4.79 Å². The highest BCUT2D eigenvalue weighted by Gasteiger charge is 2.03. The van der Waals surface area contributed by atoms with Crippen molar-refractivity contribution in [3.63, 3.8) is 0 Å². The van der Waals surface area contributed by atoms with Crippen molar-refractivity contribution in [2.75, 3.05) is 0 Å². The smallest absolute Gasteiger partial charge is 0.294 e. The molecule has 11 heavy (non-hydrogen) atoms. The first-order valence-corrected chi connectivity index (χ1v) is 3.21. The Morgan fingerprint density at radius 3 is 3.18 bits per heavy atom. The van der Waals surface area contributed by atoms with E-state index in [2.05, 4.69) is 9.97 Å². The molecular weight excluding hydrogens is 144 g/mol. The first-order chi connectivity index (χ1) is 5.27. The molecule has 1 N–H and O–H groups in total. The summed E-state index contributed by atoms with van der Waals surface area (Å²) in [5.74, 6) is 0.698. The van der Waals surface area contributed by atoms with Gasteiger partial charge in [0.25, 0.3) is 5.56 Å². The molecule has 0 aliphatic carbocycles. The van der Waals surface area contributed by atoms with Gasteiger partial charge in [-0.1, -0.05) is 0 Å². The molecule has 56 valence electrons. The van der Waals surface area contributed by atoms with Gasteiger partial charge in [0.2, 0.25) is 5.58 Å². The Kier molecular flexibility index (Phi) is 1.09. The molecule has 2 aromatic heterocycles. The summed E-state index contributed by atoms with van der Waals surface area (Å²) in [6, 6.07) is 1.73. The standard InChI is InChI=1S/C7H6N2O2/c1-4-2-5-6(11-4)7(10)9-3-8-5/h2-3H,1H3,(H,8,9,10). The molecule has 2 heterocycles. The van der Waals surface area contributed by atoms with E-state index in [0.717, 1.165) is 0 Å². The molecule has 0 spiro atoms. The third kappa shape index (κ3) is 0.832. The second kappa shape index (κ2) is 1.95. The third-order valence-corrected chi connectivity index (χ3v) is 1.44. The number of hydrogen-bond donors (Lipinski definition) is 1. The van der Waals surface area contributed by atoms with Gasteiger partial charge in [0.05, 0.1) is 6.33 Å². The number of nitrogens with zero attached hydrogens (tertiary/aromatic N) is 1. The van der Waals surface area contributed by atoms with Crippen LogP contribution in [0.25, 0.3) is 11.1 Å². The molecule has 0 bridgehead atoms. The fraction of sp³-hybridized carbons (Fsp3) is 0.143. The van der Waals surface area contributed by atoms with Crippen LogP contribution in [0.4, 0.5) is 0 Å². The normalized spacial score (nSPS) is 10.6. The van der Waals surface area contributed by atoms with E-state index in [1.165, 1.54) is 6.33 Å². The van der Waals surface area contributed by atoms with E-state index >= 15 is 0 Å². The topological polar surface area (TPSA) is 58.9 Å². The van der Waals surface area contributed by atoms with Gasteiger partial charge in [-0.05, 0) is 6.92 Å². The minimum atomic E-state index is -0.233. The van der Waals surface area contributed by atoms with Crippen molar-refractivity contribution in [1.82, 2.24) is 9.97 Å². The Morgan fingerprint density at radius 2 is 2.45 bits per heavy atom. The molecule has 0 atom stereocenters. The zero-order valence-corrected chi connectivity index (χ0v) is 5.92. The van der Waals surface area contributed by atoms with Crippen molar-refractivity contribution in [2.45, 2.75) is 6.92 Å². The van der Waals surface area contributed by atoms with E-state index in [1.807, 2.05) is 0 Å². The second-order valence-electron chi connectivity index (χ2n) is 2.30. The van der Waals surface area contributed by atoms with Crippen LogP contribution < -0.4 is 5.56 Å². The molecule has 0 radical (unpaired) electrons. The van der Waals surface area contributed by atoms with Crippen molar-refractivity contribution in [3.05, 3.63) is 28.5 Å². The van der Waals surface area contributed by atoms with Gasteiger partial charge < -0.3 is 9.40 Å². The first-order valence-electron chi connectivity index (χ1n) is 3.21. The molecule has 0 fully saturated rings. The van der Waals surface area contributed by atoms with Crippen molar-refractivity contribution in [3.8, 4) is 0 Å². The molecule has 0 saturated carbocycles. The number of fused-ring (bicyclic) bond motifs is 1. The number of hydrogen-bond acceptors (Lipinski definition) is 3. The van der Waals surface area contributed by atoms with E-state index in [1.54, 1.807) is 13.0 Å². The summed E-state index contributed by atoms with van der Waals surface area (Å²) < 4.78 is 5.09. The highest BCUT2D eigenvalue weighted by molar-refractivity contribution is 5.71. The van der Waals surface area contributed by atoms with Crippen LogP contribution in [-0.4, -0.2) is 9.97 Å². The molecule has 0 aliphatic heterocycles. The number of aryl methyl sites for hydroxylation is 1. The Balaban J connectivity index is 3.02. The van der Waals surface area contributed by atoms with E-state index in [0.29, 0.717) is 16.9 Å². The molecule has 0 amide bonds. The monoisotopic (exact) mass is 150 g/mol. The average Bonchev–Trinajstić information content (AvgIpc) is 2.31. The Labute approximate surface area is 61.9 Å². The summed E-state index contributed by atoms with van der Waals surface area (Å²) >= 11 is 0. The zero-order valence-electron chi connectivity index (χ0n) is 5.92. The first kappa shape index (κ1) is 6.15. The van der Waals surface area contributed by atoms with Crippen molar-refractivity contribution >= 4 is 11.1 Å². The maximum atomic E-state index is 11.0. The van der Waals surface area contributed by atoms with Gasteiger partial charge in [-0.25, -0.2) is 4.98 Å². The number of aromatic amines is 1. The van der Waals surface area contributed by atoms with Gasteiger partial charge in [-0.2, -0.15) is 0 Å². The molecule has 0 saturated heterocycles. The minimum Gasteiger partial charge on any atom is -0.454 e. The summed E-state index contributed by atoms with van der Waals surface area (Å²) in [6.45, 7) is 1.78. The van der Waals surface area contributed by atoms with Crippen LogP contribution in [0.15, 0.2) is 21.6 Å². The lowest BCUT2D eigenvalue weighted by Crippen LogP contribution is -2.03. The second-order valence-corrected chi connectivity index (χ2v) is 2.30. The van der Waals surface area contributed by atoms with Crippen LogP contribution >= 0.6 is 0 Å². The molecule has 0 aromatic carbocycles. The molecule has 4 nitrogen and oxygen atoms in total. The number of nitrogens with one attached hydrogen (secondary N) is 1. The Morgan fingerprint density at radius 1 is 1.64 bits per heavy atom. The summed E-state index contributed by atoms with van der Waals surface area (Å²) in [7, 11) is 0. The quantitative estimate of drug-likeness (QED) is 0.604. The molecular formula is C7H6N2O2. The van der Waals surface area contributed by atoms with E-state index in [4.69, 9.17) is 4.42 Å². The lowest BCUT2D eigenvalue weighted by molar-refractivity contribution is 0.573. The summed E-state index contributed by atoms with van der Waals surface area (Å²) in [6.07, 6.45) is 1.36. The zero-order chi connectivity index (χ0) is 7.84. The maximum absolute atomic E-state index is 11.0. The van der Waals surface area contributed by atoms with Crippen LogP contribution in [-0.2, 0) is 0 Å². The maximum Gasteiger partial charge on any atom is 0.294 e. The summed E-state index contributed by atoms with van der Waals surface area (Å²) in [5.41, 5.74) is 0.666. The average molecular weight is 150 g/mol. The molecule has 2 aromatic rings. The number of H-pyrrole nitrogens is 1. The van der Waals surface area contributed by atoms with Gasteiger partial charge in [-0.15, -0.1) is 0 Å². The largest absolute Gasteiger partial charge is 0.454 e. The fourth-order valence-corrected chi connectivity index (χ4v) is 0.985. The molecule has 0 unspecified atom stereocenters. The van der Waals surface area contributed by atoms with Crippen molar-refractivity contribution in [1.29, 1.82) is 0 Å². The van der Waals surface area contributed by atoms with Gasteiger partial charge in [0.15, 0.2) is 0 Å². The van der Waals surface area contributed by atoms with Crippen LogP contribution in [0.5, 0.6) is 0 Å². The third-order valence-electron chi connectivity index (χ3n) is 1.44. The van der Waals surface area contributed by atoms with Gasteiger partial charge in [0.1, 0.15) is 11.3 Å². The number of rotatable bonds is 0. The van der Waals surface area contributed by atoms with E-state index in [-0.39, 0.29) is 5.56 Å². The predicted octanol–water partition coefficient (Wildman–Crippen LogP) is 0.825. The SMILES string of the molecule is Cc1cc2nc[nH]c(=O)c2o1. The fourth-order valence-electron chi connectivity index (χ4n) is 0.985. The molecule has 0 aliphatic rings. The summed E-state index contributed by atoms with van der Waals surface area (Å²) in [5, 5.41) is 0. The van der Waals surface area contributed by atoms with Gasteiger partial charge in [-0.3, -0.25) is 4.79 Å². The van der Waals surface area contributed by atoms with Crippen LogP contribution in [0.3, 0.4) is 0 Å². The van der Waals surface area contributed by atoms with E-state index < -0.39 is 0 Å². The van der Waals surface area contributed by atoms with Crippen LogP contribution in [0.2, 0.25) is 0 Å². The lowest BCUT2D eigenvalue weighted by atomic mass is 10.4. The van der Waals surface area contributed by atoms with Gasteiger partial charge in [0, 0.05) is 6.07 Å². The predicted molar refractivity (Wildman–Crippen MR) is 39.4 cm³/mol. The minimum absolute atomic E-state index is 0.233. The van der Waals surface area contributed by atoms with Crippen LogP contribution in [0.1, 0.15) is 5.76 Å². The Bertz CT molecular complexity index is 441. The van der Waals surface area contributed by atoms with Crippen molar-refractivity contribution < 1.29 is 4.42 Å². The van der Waals surface area contributed by atoms with Gasteiger partial charge >= 0.3 is 0 Å². The number of furan rings is 1. The highest BCUT2D eigenvalue weighted by atomic mass is 16.3. The highest BCUT2D eigenvalue weighted by Crippen LogP contribution is 2.10. The molecule has 4 heteroatoms. The Hall–Kier alpha value is -1.58.